The lowest BCUT2D eigenvalue weighted by molar-refractivity contribution is 0.117. The highest BCUT2D eigenvalue weighted by Crippen LogP contribution is 2.15. The van der Waals surface area contributed by atoms with Crippen molar-refractivity contribution in [3.8, 4) is 5.75 Å². The Bertz CT molecular complexity index is 608. The van der Waals surface area contributed by atoms with Crippen LogP contribution < -0.4 is 10.1 Å². The zero-order valence-electron chi connectivity index (χ0n) is 11.5. The Kier molecular flexibility index (Phi) is 5.05. The first-order valence-corrected chi connectivity index (χ1v) is 6.48. The van der Waals surface area contributed by atoms with Crippen LogP contribution in [-0.2, 0) is 0 Å². The summed E-state index contributed by atoms with van der Waals surface area (Å²) in [5.41, 5.74) is 0.868. The third-order valence-electron chi connectivity index (χ3n) is 2.74. The van der Waals surface area contributed by atoms with E-state index in [9.17, 15) is 13.9 Å². The van der Waals surface area contributed by atoms with Gasteiger partial charge in [0.2, 0.25) is 0 Å². The first kappa shape index (κ1) is 15.2. The maximum Gasteiger partial charge on any atom is 0.162 e. The highest BCUT2D eigenvalue weighted by atomic mass is 19.2. The van der Waals surface area contributed by atoms with Crippen LogP contribution in [0.5, 0.6) is 5.75 Å². The zero-order chi connectivity index (χ0) is 15.2. The number of ether oxygens (including phenoxy) is 1. The number of aliphatic hydroxyl groups is 1. The Balaban J connectivity index is 1.79. The van der Waals surface area contributed by atoms with Crippen molar-refractivity contribution in [1.29, 1.82) is 0 Å². The van der Waals surface area contributed by atoms with E-state index in [-0.39, 0.29) is 18.9 Å². The van der Waals surface area contributed by atoms with Crippen LogP contribution in [0.3, 0.4) is 0 Å². The predicted octanol–water partition coefficient (Wildman–Crippen LogP) is 2.52. The quantitative estimate of drug-likeness (QED) is 0.859. The second-order valence-electron chi connectivity index (χ2n) is 4.59. The van der Waals surface area contributed by atoms with E-state index in [0.29, 0.717) is 5.82 Å². The zero-order valence-corrected chi connectivity index (χ0v) is 11.5. The van der Waals surface area contributed by atoms with E-state index in [1.165, 1.54) is 6.07 Å². The molecule has 1 aromatic heterocycles. The molecule has 1 heterocycles. The minimum absolute atomic E-state index is 0.0378. The minimum atomic E-state index is -0.982. The lowest BCUT2D eigenvalue weighted by atomic mass is 10.3. The molecule has 0 bridgehead atoms. The lowest BCUT2D eigenvalue weighted by Crippen LogP contribution is -2.26. The number of hydrogen-bond acceptors (Lipinski definition) is 4. The Hall–Kier alpha value is -2.21. The Labute approximate surface area is 121 Å². The predicted molar refractivity (Wildman–Crippen MR) is 75.3 cm³/mol. The third kappa shape index (κ3) is 4.68. The average Bonchev–Trinajstić information content (AvgIpc) is 2.46. The number of halogens is 2. The maximum atomic E-state index is 13.0. The summed E-state index contributed by atoms with van der Waals surface area (Å²) >= 11 is 0. The summed E-state index contributed by atoms with van der Waals surface area (Å²) in [5, 5.41) is 12.7. The number of aryl methyl sites for hydroxylation is 1. The monoisotopic (exact) mass is 294 g/mol. The van der Waals surface area contributed by atoms with Crippen molar-refractivity contribution in [3.63, 3.8) is 0 Å². The minimum Gasteiger partial charge on any atom is -0.491 e. The molecule has 0 unspecified atom stereocenters. The van der Waals surface area contributed by atoms with Gasteiger partial charge in [-0.25, -0.2) is 13.8 Å². The molecule has 1 aromatic carbocycles. The van der Waals surface area contributed by atoms with Crippen LogP contribution in [0.25, 0.3) is 0 Å². The standard InChI is InChI=1S/C15H16F2N2O2/c1-10-3-2-4-15(19-10)18-8-11(20)9-21-12-5-6-13(16)14(17)7-12/h2-7,11,20H,8-9H2,1H3,(H,18,19)/t11-/m1/s1. The van der Waals surface area contributed by atoms with Crippen LogP contribution in [0.15, 0.2) is 36.4 Å². The molecule has 2 N–H and O–H groups in total. The molecule has 2 rings (SSSR count). The van der Waals surface area contributed by atoms with Gasteiger partial charge in [0.15, 0.2) is 11.6 Å². The molecule has 2 aromatic rings. The van der Waals surface area contributed by atoms with Gasteiger partial charge >= 0.3 is 0 Å². The third-order valence-corrected chi connectivity index (χ3v) is 2.74. The van der Waals surface area contributed by atoms with Crippen molar-refractivity contribution >= 4 is 5.82 Å². The Morgan fingerprint density at radius 2 is 2.05 bits per heavy atom. The molecule has 0 radical (unpaired) electrons. The van der Waals surface area contributed by atoms with Gasteiger partial charge < -0.3 is 15.2 Å². The molecule has 0 aliphatic heterocycles. The van der Waals surface area contributed by atoms with Crippen LogP contribution in [0.2, 0.25) is 0 Å². The summed E-state index contributed by atoms with van der Waals surface area (Å²) in [4.78, 5) is 4.23. The van der Waals surface area contributed by atoms with E-state index in [0.717, 1.165) is 17.8 Å². The molecule has 0 fully saturated rings. The van der Waals surface area contributed by atoms with Crippen molar-refractivity contribution in [2.45, 2.75) is 13.0 Å². The molecule has 0 saturated carbocycles. The number of nitrogens with zero attached hydrogens (tertiary/aromatic N) is 1. The number of pyridine rings is 1. The largest absolute Gasteiger partial charge is 0.491 e. The van der Waals surface area contributed by atoms with Crippen molar-refractivity contribution in [2.75, 3.05) is 18.5 Å². The fourth-order valence-corrected chi connectivity index (χ4v) is 1.68. The number of anilines is 1. The summed E-state index contributed by atoms with van der Waals surface area (Å²) in [6.07, 6.45) is -0.805. The van der Waals surface area contributed by atoms with Crippen molar-refractivity contribution in [2.24, 2.45) is 0 Å². The van der Waals surface area contributed by atoms with E-state index in [1.54, 1.807) is 6.07 Å². The van der Waals surface area contributed by atoms with E-state index in [4.69, 9.17) is 4.74 Å². The fraction of sp³-hybridized carbons (Fsp3) is 0.267. The number of aromatic nitrogens is 1. The molecule has 0 spiro atoms. The van der Waals surface area contributed by atoms with Gasteiger partial charge in [-0.2, -0.15) is 0 Å². The summed E-state index contributed by atoms with van der Waals surface area (Å²) in [7, 11) is 0. The van der Waals surface area contributed by atoms with Crippen LogP contribution in [0.4, 0.5) is 14.6 Å². The van der Waals surface area contributed by atoms with Crippen LogP contribution in [0.1, 0.15) is 5.69 Å². The van der Waals surface area contributed by atoms with E-state index in [2.05, 4.69) is 10.3 Å². The molecular formula is C15H16F2N2O2. The van der Waals surface area contributed by atoms with Gasteiger partial charge in [0.1, 0.15) is 24.3 Å². The Morgan fingerprint density at radius 1 is 1.24 bits per heavy atom. The summed E-state index contributed by atoms with van der Waals surface area (Å²) in [6.45, 7) is 2.07. The van der Waals surface area contributed by atoms with Crippen LogP contribution >= 0.6 is 0 Å². The van der Waals surface area contributed by atoms with Crippen LogP contribution in [0, 0.1) is 18.6 Å². The molecule has 4 nitrogen and oxygen atoms in total. The molecular weight excluding hydrogens is 278 g/mol. The van der Waals surface area contributed by atoms with Crippen molar-refractivity contribution < 1.29 is 18.6 Å². The SMILES string of the molecule is Cc1cccc(NC[C@@H](O)COc2ccc(F)c(F)c2)n1. The number of rotatable bonds is 6. The second-order valence-corrected chi connectivity index (χ2v) is 4.59. The van der Waals surface area contributed by atoms with E-state index < -0.39 is 17.7 Å². The smallest absolute Gasteiger partial charge is 0.162 e. The van der Waals surface area contributed by atoms with E-state index >= 15 is 0 Å². The highest BCUT2D eigenvalue weighted by Gasteiger charge is 2.08. The molecule has 1 atom stereocenters. The van der Waals surface area contributed by atoms with Gasteiger partial charge in [0.05, 0.1) is 0 Å². The first-order chi connectivity index (χ1) is 10.0. The summed E-state index contributed by atoms with van der Waals surface area (Å²) < 4.78 is 30.9. The maximum absolute atomic E-state index is 13.0. The number of hydrogen-bond donors (Lipinski definition) is 2. The van der Waals surface area contributed by atoms with Gasteiger partial charge in [-0.1, -0.05) is 6.07 Å². The lowest BCUT2D eigenvalue weighted by Gasteiger charge is -2.14. The highest BCUT2D eigenvalue weighted by molar-refractivity contribution is 5.35. The molecule has 6 heteroatoms. The number of benzene rings is 1. The van der Waals surface area contributed by atoms with Gasteiger partial charge in [-0.15, -0.1) is 0 Å². The van der Waals surface area contributed by atoms with Gasteiger partial charge in [0.25, 0.3) is 0 Å². The molecule has 112 valence electrons. The normalized spacial score (nSPS) is 12.0. The van der Waals surface area contributed by atoms with Crippen LogP contribution in [-0.4, -0.2) is 29.3 Å². The Morgan fingerprint density at radius 3 is 2.76 bits per heavy atom. The van der Waals surface area contributed by atoms with Gasteiger partial charge in [-0.05, 0) is 31.2 Å². The molecule has 21 heavy (non-hydrogen) atoms. The molecule has 0 saturated heterocycles. The molecule has 0 aliphatic rings. The van der Waals surface area contributed by atoms with Gasteiger partial charge in [0, 0.05) is 18.3 Å². The van der Waals surface area contributed by atoms with Gasteiger partial charge in [-0.3, -0.25) is 0 Å². The summed E-state index contributed by atoms with van der Waals surface area (Å²) in [6, 6.07) is 8.74. The summed E-state index contributed by atoms with van der Waals surface area (Å²) in [5.74, 6) is -1.09. The first-order valence-electron chi connectivity index (χ1n) is 6.48. The molecule has 0 amide bonds. The average molecular weight is 294 g/mol. The van der Waals surface area contributed by atoms with Crippen molar-refractivity contribution in [3.05, 3.63) is 53.7 Å². The fourth-order valence-electron chi connectivity index (χ4n) is 1.68. The topological polar surface area (TPSA) is 54.4 Å². The molecule has 0 aliphatic carbocycles. The number of nitrogens with one attached hydrogen (secondary N) is 1. The number of aliphatic hydroxyl groups excluding tert-OH is 1. The van der Waals surface area contributed by atoms with E-state index in [1.807, 2.05) is 19.1 Å². The second kappa shape index (κ2) is 6.99. The van der Waals surface area contributed by atoms with Crippen molar-refractivity contribution in [1.82, 2.24) is 4.98 Å².